The van der Waals surface area contributed by atoms with Crippen molar-refractivity contribution < 1.29 is 0 Å². The van der Waals surface area contributed by atoms with E-state index in [0.717, 1.165) is 5.56 Å². The monoisotopic (exact) mass is 242 g/mol. The largest absolute Gasteiger partial charge is 0.376 e. The van der Waals surface area contributed by atoms with Crippen molar-refractivity contribution in [2.45, 2.75) is 6.54 Å². The number of nitrogens with one attached hydrogen (secondary N) is 1. The van der Waals surface area contributed by atoms with E-state index in [1.165, 1.54) is 0 Å². The summed E-state index contributed by atoms with van der Waals surface area (Å²) in [7, 11) is 0. The van der Waals surface area contributed by atoms with Gasteiger partial charge in [0, 0.05) is 5.02 Å². The standard InChI is InChI=1S/C9H11ClN4S/c10-7-4-2-1-3-6(7)5-13-8(11)14-9(12)15/h1-4H,5H2,(H5,11,12,13,14,15). The number of guanidine groups is 1. The molecule has 0 saturated heterocycles. The van der Waals surface area contributed by atoms with Crippen molar-refractivity contribution in [2.24, 2.45) is 16.5 Å². The van der Waals surface area contributed by atoms with E-state index in [1.54, 1.807) is 6.07 Å². The van der Waals surface area contributed by atoms with Gasteiger partial charge in [-0.15, -0.1) is 0 Å². The number of hydrogen-bond donors (Lipinski definition) is 3. The maximum atomic E-state index is 5.93. The van der Waals surface area contributed by atoms with Crippen molar-refractivity contribution >= 4 is 34.9 Å². The average Bonchev–Trinajstić information content (AvgIpc) is 2.15. The molecular weight excluding hydrogens is 232 g/mol. The molecule has 0 aliphatic heterocycles. The summed E-state index contributed by atoms with van der Waals surface area (Å²) in [5.41, 5.74) is 11.6. The molecule has 0 fully saturated rings. The molecule has 1 aromatic carbocycles. The van der Waals surface area contributed by atoms with E-state index < -0.39 is 0 Å². The molecule has 4 nitrogen and oxygen atoms in total. The molecule has 0 amide bonds. The van der Waals surface area contributed by atoms with E-state index in [2.05, 4.69) is 22.5 Å². The van der Waals surface area contributed by atoms with Gasteiger partial charge in [-0.2, -0.15) is 0 Å². The van der Waals surface area contributed by atoms with Crippen molar-refractivity contribution in [1.29, 1.82) is 0 Å². The van der Waals surface area contributed by atoms with Gasteiger partial charge in [-0.1, -0.05) is 29.8 Å². The molecule has 1 rings (SSSR count). The highest BCUT2D eigenvalue weighted by atomic mass is 35.5. The molecule has 15 heavy (non-hydrogen) atoms. The molecule has 0 radical (unpaired) electrons. The summed E-state index contributed by atoms with van der Waals surface area (Å²) in [5.74, 6) is 0.183. The molecule has 0 heterocycles. The van der Waals surface area contributed by atoms with Gasteiger partial charge in [-0.25, -0.2) is 4.99 Å². The summed E-state index contributed by atoms with van der Waals surface area (Å²) < 4.78 is 0. The lowest BCUT2D eigenvalue weighted by molar-refractivity contribution is 1.04. The fourth-order valence-electron chi connectivity index (χ4n) is 0.963. The number of thiocarbonyl (C=S) groups is 1. The van der Waals surface area contributed by atoms with E-state index >= 15 is 0 Å². The number of hydrogen-bond acceptors (Lipinski definition) is 2. The summed E-state index contributed by atoms with van der Waals surface area (Å²) in [4.78, 5) is 4.03. The molecule has 0 atom stereocenters. The minimum Gasteiger partial charge on any atom is -0.376 e. The number of nitrogens with two attached hydrogens (primary N) is 2. The third-order valence-electron chi connectivity index (χ3n) is 1.63. The molecule has 0 bridgehead atoms. The Hall–Kier alpha value is -1.33. The Balaban J connectivity index is 2.64. The molecule has 0 aliphatic rings. The maximum absolute atomic E-state index is 5.93. The smallest absolute Gasteiger partial charge is 0.195 e. The normalized spacial score (nSPS) is 11.1. The molecule has 0 aliphatic carbocycles. The van der Waals surface area contributed by atoms with Gasteiger partial charge in [0.2, 0.25) is 0 Å². The van der Waals surface area contributed by atoms with Crippen LogP contribution in [-0.4, -0.2) is 11.1 Å². The van der Waals surface area contributed by atoms with Crippen LogP contribution in [0.1, 0.15) is 5.56 Å². The van der Waals surface area contributed by atoms with Crippen molar-refractivity contribution in [2.75, 3.05) is 0 Å². The molecule has 80 valence electrons. The zero-order chi connectivity index (χ0) is 11.3. The fourth-order valence-corrected chi connectivity index (χ4v) is 1.26. The van der Waals surface area contributed by atoms with Gasteiger partial charge in [0.25, 0.3) is 0 Å². The number of rotatable bonds is 2. The SMILES string of the molecule is NC(=S)NC(N)=NCc1ccccc1Cl. The van der Waals surface area contributed by atoms with Crippen LogP contribution in [0.3, 0.4) is 0 Å². The second-order valence-electron chi connectivity index (χ2n) is 2.78. The molecule has 0 saturated carbocycles. The molecule has 0 unspecified atom stereocenters. The van der Waals surface area contributed by atoms with Gasteiger partial charge in [0.15, 0.2) is 11.1 Å². The van der Waals surface area contributed by atoms with Crippen LogP contribution in [-0.2, 0) is 6.54 Å². The minimum atomic E-state index is 0.0930. The fraction of sp³-hybridized carbons (Fsp3) is 0.111. The Morgan fingerprint density at radius 3 is 2.67 bits per heavy atom. The van der Waals surface area contributed by atoms with Crippen LogP contribution in [0.15, 0.2) is 29.3 Å². The predicted octanol–water partition coefficient (Wildman–Crippen LogP) is 0.988. The lowest BCUT2D eigenvalue weighted by Crippen LogP contribution is -2.40. The first-order valence-corrected chi connectivity index (χ1v) is 4.98. The Morgan fingerprint density at radius 2 is 2.07 bits per heavy atom. The van der Waals surface area contributed by atoms with Crippen LogP contribution in [0.4, 0.5) is 0 Å². The second-order valence-corrected chi connectivity index (χ2v) is 3.63. The highest BCUT2D eigenvalue weighted by Gasteiger charge is 1.98. The molecule has 0 spiro atoms. The van der Waals surface area contributed by atoms with Gasteiger partial charge in [0.05, 0.1) is 6.54 Å². The molecule has 0 aromatic heterocycles. The highest BCUT2D eigenvalue weighted by Crippen LogP contribution is 2.15. The lowest BCUT2D eigenvalue weighted by Gasteiger charge is -2.03. The van der Waals surface area contributed by atoms with Crippen LogP contribution in [0, 0.1) is 0 Å². The number of nitrogens with zero attached hydrogens (tertiary/aromatic N) is 1. The molecule has 5 N–H and O–H groups in total. The maximum Gasteiger partial charge on any atom is 0.195 e. The zero-order valence-corrected chi connectivity index (χ0v) is 9.48. The van der Waals surface area contributed by atoms with Crippen LogP contribution in [0.25, 0.3) is 0 Å². The van der Waals surface area contributed by atoms with E-state index in [0.29, 0.717) is 11.6 Å². The van der Waals surface area contributed by atoms with Crippen LogP contribution < -0.4 is 16.8 Å². The van der Waals surface area contributed by atoms with E-state index in [1.807, 2.05) is 18.2 Å². The number of benzene rings is 1. The third kappa shape index (κ3) is 4.14. The summed E-state index contributed by atoms with van der Waals surface area (Å²) in [6.07, 6.45) is 0. The summed E-state index contributed by atoms with van der Waals surface area (Å²) in [6, 6.07) is 7.41. The first-order valence-electron chi connectivity index (χ1n) is 4.19. The first-order chi connectivity index (χ1) is 7.09. The van der Waals surface area contributed by atoms with Gasteiger partial charge < -0.3 is 16.8 Å². The first kappa shape index (κ1) is 11.7. The third-order valence-corrected chi connectivity index (χ3v) is 2.10. The van der Waals surface area contributed by atoms with Gasteiger partial charge >= 0.3 is 0 Å². The number of aliphatic imine (C=N–C) groups is 1. The average molecular weight is 243 g/mol. The van der Waals surface area contributed by atoms with Crippen LogP contribution >= 0.6 is 23.8 Å². The molecular formula is C9H11ClN4S. The zero-order valence-electron chi connectivity index (χ0n) is 7.90. The highest BCUT2D eigenvalue weighted by molar-refractivity contribution is 7.80. The molecule has 1 aromatic rings. The quantitative estimate of drug-likeness (QED) is 0.411. The van der Waals surface area contributed by atoms with E-state index in [-0.39, 0.29) is 11.1 Å². The van der Waals surface area contributed by atoms with Crippen LogP contribution in [0.5, 0.6) is 0 Å². The van der Waals surface area contributed by atoms with E-state index in [9.17, 15) is 0 Å². The van der Waals surface area contributed by atoms with Gasteiger partial charge in [-0.05, 0) is 23.8 Å². The van der Waals surface area contributed by atoms with Crippen molar-refractivity contribution in [3.8, 4) is 0 Å². The van der Waals surface area contributed by atoms with Gasteiger partial charge in [0.1, 0.15) is 0 Å². The Labute approximate surface area is 98.3 Å². The van der Waals surface area contributed by atoms with E-state index in [4.69, 9.17) is 23.1 Å². The summed E-state index contributed by atoms with van der Waals surface area (Å²) in [5, 5.41) is 3.28. The Morgan fingerprint density at radius 1 is 1.40 bits per heavy atom. The second kappa shape index (κ2) is 5.53. The summed E-state index contributed by atoms with van der Waals surface area (Å²) >= 11 is 10.5. The Kier molecular flexibility index (Phi) is 4.33. The lowest BCUT2D eigenvalue weighted by atomic mass is 10.2. The van der Waals surface area contributed by atoms with Gasteiger partial charge in [-0.3, -0.25) is 0 Å². The van der Waals surface area contributed by atoms with Crippen molar-refractivity contribution in [1.82, 2.24) is 5.32 Å². The molecule has 6 heteroatoms. The topological polar surface area (TPSA) is 76.4 Å². The Bertz CT molecular complexity index is 391. The predicted molar refractivity (Wildman–Crippen MR) is 66.7 cm³/mol. The minimum absolute atomic E-state index is 0.0930. The van der Waals surface area contributed by atoms with Crippen molar-refractivity contribution in [3.63, 3.8) is 0 Å². The number of halogens is 1. The van der Waals surface area contributed by atoms with Crippen molar-refractivity contribution in [3.05, 3.63) is 34.9 Å². The summed E-state index contributed by atoms with van der Waals surface area (Å²) in [6.45, 7) is 0.390. The van der Waals surface area contributed by atoms with Crippen LogP contribution in [0.2, 0.25) is 5.02 Å².